The SMILES string of the molecule is NNC(N)=Nc1ccc(OC(F)F)cc1. The minimum Gasteiger partial charge on any atom is -0.435 e. The van der Waals surface area contributed by atoms with Gasteiger partial charge in [-0.1, -0.05) is 0 Å². The maximum absolute atomic E-state index is 11.8. The Kier molecular flexibility index (Phi) is 3.81. The second-order valence-corrected chi connectivity index (χ2v) is 2.51. The van der Waals surface area contributed by atoms with E-state index in [4.69, 9.17) is 11.6 Å². The van der Waals surface area contributed by atoms with Crippen LogP contribution in [0.2, 0.25) is 0 Å². The van der Waals surface area contributed by atoms with E-state index >= 15 is 0 Å². The van der Waals surface area contributed by atoms with Gasteiger partial charge in [0.05, 0.1) is 5.69 Å². The molecule has 0 atom stereocenters. The molecule has 0 radical (unpaired) electrons. The number of nitrogens with one attached hydrogen (secondary N) is 1. The first kappa shape index (κ1) is 11.2. The number of hydrazine groups is 1. The number of hydrogen-bond acceptors (Lipinski definition) is 3. The molecule has 0 heterocycles. The molecule has 0 amide bonds. The van der Waals surface area contributed by atoms with Gasteiger partial charge in [-0.05, 0) is 24.3 Å². The molecule has 1 rings (SSSR count). The Morgan fingerprint density at radius 3 is 2.40 bits per heavy atom. The summed E-state index contributed by atoms with van der Waals surface area (Å²) in [5.41, 5.74) is 7.90. The van der Waals surface area contributed by atoms with Gasteiger partial charge in [-0.3, -0.25) is 5.43 Å². The summed E-state index contributed by atoms with van der Waals surface area (Å²) >= 11 is 0. The van der Waals surface area contributed by atoms with Gasteiger partial charge in [-0.15, -0.1) is 0 Å². The smallest absolute Gasteiger partial charge is 0.387 e. The molecule has 0 aliphatic heterocycles. The summed E-state index contributed by atoms with van der Waals surface area (Å²) in [6.45, 7) is -2.84. The quantitative estimate of drug-likeness (QED) is 0.300. The fraction of sp³-hybridized carbons (Fsp3) is 0.125. The summed E-state index contributed by atoms with van der Waals surface area (Å²) in [5, 5.41) is 0. The van der Waals surface area contributed by atoms with Crippen LogP contribution in [0, 0.1) is 0 Å². The second kappa shape index (κ2) is 5.11. The van der Waals surface area contributed by atoms with Crippen LogP contribution in [0.5, 0.6) is 5.75 Å². The van der Waals surface area contributed by atoms with Crippen LogP contribution in [-0.2, 0) is 0 Å². The molecule has 0 bridgehead atoms. The zero-order chi connectivity index (χ0) is 11.3. The zero-order valence-electron chi connectivity index (χ0n) is 7.65. The number of nitrogens with two attached hydrogens (primary N) is 2. The van der Waals surface area contributed by atoms with Crippen LogP contribution in [0.3, 0.4) is 0 Å². The number of hydrogen-bond donors (Lipinski definition) is 3. The van der Waals surface area contributed by atoms with Crippen molar-refractivity contribution in [2.45, 2.75) is 6.61 Å². The molecular formula is C8H10F2N4O. The van der Waals surface area contributed by atoms with Crippen molar-refractivity contribution in [1.29, 1.82) is 0 Å². The van der Waals surface area contributed by atoms with Crippen molar-refractivity contribution in [2.24, 2.45) is 16.6 Å². The maximum atomic E-state index is 11.8. The lowest BCUT2D eigenvalue weighted by Gasteiger charge is -2.04. The molecule has 5 nitrogen and oxygen atoms in total. The van der Waals surface area contributed by atoms with Gasteiger partial charge in [-0.25, -0.2) is 10.8 Å². The van der Waals surface area contributed by atoms with Gasteiger partial charge < -0.3 is 10.5 Å². The van der Waals surface area contributed by atoms with E-state index in [2.05, 4.69) is 15.2 Å². The van der Waals surface area contributed by atoms with Crippen molar-refractivity contribution in [1.82, 2.24) is 5.43 Å². The van der Waals surface area contributed by atoms with Crippen LogP contribution in [-0.4, -0.2) is 12.6 Å². The molecule has 5 N–H and O–H groups in total. The van der Waals surface area contributed by atoms with Crippen molar-refractivity contribution >= 4 is 11.6 Å². The number of alkyl halides is 2. The van der Waals surface area contributed by atoms with Gasteiger partial charge in [0.2, 0.25) is 5.96 Å². The van der Waals surface area contributed by atoms with E-state index in [0.29, 0.717) is 5.69 Å². The van der Waals surface area contributed by atoms with Gasteiger partial charge in [0.1, 0.15) is 5.75 Å². The normalized spacial score (nSPS) is 11.6. The molecular weight excluding hydrogens is 206 g/mol. The van der Waals surface area contributed by atoms with E-state index in [-0.39, 0.29) is 11.7 Å². The minimum atomic E-state index is -2.84. The first-order valence-electron chi connectivity index (χ1n) is 3.97. The van der Waals surface area contributed by atoms with Gasteiger partial charge in [-0.2, -0.15) is 8.78 Å². The van der Waals surface area contributed by atoms with Gasteiger partial charge >= 0.3 is 6.61 Å². The number of guanidine groups is 1. The molecule has 15 heavy (non-hydrogen) atoms. The molecule has 0 saturated heterocycles. The lowest BCUT2D eigenvalue weighted by atomic mass is 10.3. The molecule has 1 aromatic carbocycles. The average molecular weight is 216 g/mol. The number of nitrogens with zero attached hydrogens (tertiary/aromatic N) is 1. The summed E-state index contributed by atoms with van der Waals surface area (Å²) in [6.07, 6.45) is 0. The number of rotatable bonds is 3. The van der Waals surface area contributed by atoms with Crippen LogP contribution >= 0.6 is 0 Å². The molecule has 0 aliphatic carbocycles. The number of halogens is 2. The largest absolute Gasteiger partial charge is 0.435 e. The highest BCUT2D eigenvalue weighted by atomic mass is 19.3. The van der Waals surface area contributed by atoms with Crippen molar-refractivity contribution in [3.05, 3.63) is 24.3 Å². The third-order valence-electron chi connectivity index (χ3n) is 1.46. The third kappa shape index (κ3) is 3.77. The molecule has 82 valence electrons. The van der Waals surface area contributed by atoms with Crippen molar-refractivity contribution < 1.29 is 13.5 Å². The molecule has 7 heteroatoms. The molecule has 0 aromatic heterocycles. The van der Waals surface area contributed by atoms with E-state index in [1.54, 1.807) is 0 Å². The van der Waals surface area contributed by atoms with Crippen LogP contribution in [0.15, 0.2) is 29.3 Å². The Morgan fingerprint density at radius 2 is 1.93 bits per heavy atom. The van der Waals surface area contributed by atoms with E-state index in [1.807, 2.05) is 0 Å². The Bertz CT molecular complexity index is 339. The monoisotopic (exact) mass is 216 g/mol. The first-order valence-corrected chi connectivity index (χ1v) is 3.97. The van der Waals surface area contributed by atoms with Crippen molar-refractivity contribution in [2.75, 3.05) is 0 Å². The maximum Gasteiger partial charge on any atom is 0.387 e. The lowest BCUT2D eigenvalue weighted by Crippen LogP contribution is -2.36. The van der Waals surface area contributed by atoms with Crippen LogP contribution < -0.4 is 21.7 Å². The van der Waals surface area contributed by atoms with Crippen LogP contribution in [0.1, 0.15) is 0 Å². The molecule has 0 fully saturated rings. The summed E-state index contributed by atoms with van der Waals surface area (Å²) < 4.78 is 27.7. The van der Waals surface area contributed by atoms with E-state index in [1.165, 1.54) is 24.3 Å². The minimum absolute atomic E-state index is 0.0255. The van der Waals surface area contributed by atoms with Crippen LogP contribution in [0.4, 0.5) is 14.5 Å². The molecule has 0 spiro atoms. The van der Waals surface area contributed by atoms with Crippen molar-refractivity contribution in [3.8, 4) is 5.75 Å². The Labute approximate surface area is 84.7 Å². The van der Waals surface area contributed by atoms with Gasteiger partial charge in [0.25, 0.3) is 0 Å². The standard InChI is InChI=1S/C8H10F2N4O/c9-7(10)15-6-3-1-5(2-4-6)13-8(11)14-12/h1-4,7H,12H2,(H3,11,13,14). The summed E-state index contributed by atoms with van der Waals surface area (Å²) in [6, 6.07) is 5.66. The highest BCUT2D eigenvalue weighted by Gasteiger charge is 2.03. The second-order valence-electron chi connectivity index (χ2n) is 2.51. The lowest BCUT2D eigenvalue weighted by molar-refractivity contribution is -0.0498. The first-order chi connectivity index (χ1) is 7.11. The van der Waals surface area contributed by atoms with Crippen molar-refractivity contribution in [3.63, 3.8) is 0 Å². The highest BCUT2D eigenvalue weighted by molar-refractivity contribution is 5.80. The Morgan fingerprint density at radius 1 is 1.33 bits per heavy atom. The average Bonchev–Trinajstić information content (AvgIpc) is 2.20. The highest BCUT2D eigenvalue weighted by Crippen LogP contribution is 2.19. The summed E-state index contributed by atoms with van der Waals surface area (Å²) in [4.78, 5) is 3.81. The Hall–Kier alpha value is -1.89. The topological polar surface area (TPSA) is 85.7 Å². The fourth-order valence-electron chi connectivity index (χ4n) is 0.873. The Balaban J connectivity index is 2.72. The summed E-state index contributed by atoms with van der Waals surface area (Å²) in [7, 11) is 0. The predicted molar refractivity (Wildman–Crippen MR) is 51.7 cm³/mol. The summed E-state index contributed by atoms with van der Waals surface area (Å²) in [5.74, 6) is 5.07. The fourth-order valence-corrected chi connectivity index (χ4v) is 0.873. The number of ether oxygens (including phenoxy) is 1. The van der Waals surface area contributed by atoms with Gasteiger partial charge in [0, 0.05) is 0 Å². The van der Waals surface area contributed by atoms with E-state index in [9.17, 15) is 8.78 Å². The number of aliphatic imine (C=N–C) groups is 1. The molecule has 0 saturated carbocycles. The van der Waals surface area contributed by atoms with E-state index in [0.717, 1.165) is 0 Å². The molecule has 0 aliphatic rings. The third-order valence-corrected chi connectivity index (χ3v) is 1.46. The molecule has 1 aromatic rings. The number of benzene rings is 1. The zero-order valence-corrected chi connectivity index (χ0v) is 7.65. The predicted octanol–water partition coefficient (Wildman–Crippen LogP) is 0.698. The molecule has 0 unspecified atom stereocenters. The van der Waals surface area contributed by atoms with Crippen LogP contribution in [0.25, 0.3) is 0 Å². The van der Waals surface area contributed by atoms with Gasteiger partial charge in [0.15, 0.2) is 0 Å². The van der Waals surface area contributed by atoms with E-state index < -0.39 is 6.61 Å².